The summed E-state index contributed by atoms with van der Waals surface area (Å²) in [7, 11) is 1.45. The summed E-state index contributed by atoms with van der Waals surface area (Å²) in [6, 6.07) is 6.23. The number of aliphatic hydroxyl groups is 1. The molecule has 1 aliphatic heterocycles. The average molecular weight is 371 g/mol. The quantitative estimate of drug-likeness (QED) is 0.718. The largest absolute Gasteiger partial charge is 0.497 e. The number of anilines is 1. The lowest BCUT2D eigenvalue weighted by Gasteiger charge is -2.22. The zero-order valence-electron chi connectivity index (χ0n) is 13.2. The summed E-state index contributed by atoms with van der Waals surface area (Å²) < 4.78 is 45.4. The van der Waals surface area contributed by atoms with Crippen molar-refractivity contribution in [3.63, 3.8) is 0 Å². The molecule has 3 N–H and O–H groups in total. The number of alkyl halides is 3. The highest BCUT2D eigenvalue weighted by molar-refractivity contribution is 6.04. The lowest BCUT2D eigenvalue weighted by atomic mass is 9.97. The van der Waals surface area contributed by atoms with Crippen LogP contribution < -0.4 is 21.3 Å². The summed E-state index contributed by atoms with van der Waals surface area (Å²) in [5, 5.41) is 11.7. The molecule has 1 aliphatic rings. The van der Waals surface area contributed by atoms with Gasteiger partial charge in [0, 0.05) is 0 Å². The molecule has 0 saturated carbocycles. The van der Waals surface area contributed by atoms with E-state index in [9.17, 15) is 32.7 Å². The van der Waals surface area contributed by atoms with Crippen molar-refractivity contribution in [2.45, 2.75) is 18.3 Å². The van der Waals surface area contributed by atoms with Gasteiger partial charge in [0.25, 0.3) is 17.1 Å². The van der Waals surface area contributed by atoms with Gasteiger partial charge in [-0.25, -0.2) is 4.79 Å². The summed E-state index contributed by atoms with van der Waals surface area (Å²) in [6.07, 6.45) is -5.45. The highest BCUT2D eigenvalue weighted by Crippen LogP contribution is 2.44. The number of nitrogens with zero attached hydrogens (tertiary/aromatic N) is 1. The van der Waals surface area contributed by atoms with Crippen molar-refractivity contribution in [1.29, 1.82) is 0 Å². The minimum absolute atomic E-state index is 0.254. The Kier molecular flexibility index (Phi) is 3.91. The third-order valence-corrected chi connectivity index (χ3v) is 4.03. The van der Waals surface area contributed by atoms with Gasteiger partial charge < -0.3 is 15.2 Å². The Hall–Kier alpha value is -3.08. The van der Waals surface area contributed by atoms with Crippen LogP contribution in [0.4, 0.5) is 19.0 Å². The van der Waals surface area contributed by atoms with Crippen molar-refractivity contribution in [2.24, 2.45) is 0 Å². The van der Waals surface area contributed by atoms with Gasteiger partial charge >= 0.3 is 11.9 Å². The number of halogens is 3. The summed E-state index contributed by atoms with van der Waals surface area (Å²) in [6.45, 7) is -0.254. The molecule has 1 atom stereocenters. The van der Waals surface area contributed by atoms with Crippen LogP contribution in [0.2, 0.25) is 0 Å². The van der Waals surface area contributed by atoms with Crippen LogP contribution >= 0.6 is 0 Å². The van der Waals surface area contributed by atoms with E-state index in [1.165, 1.54) is 7.11 Å². The molecule has 1 aromatic carbocycles. The third-order valence-electron chi connectivity index (χ3n) is 4.03. The number of benzene rings is 1. The number of H-pyrrole nitrogens is 1. The second-order valence-electron chi connectivity index (χ2n) is 5.58. The molecule has 1 aromatic heterocycles. The normalized spacial score (nSPS) is 19.2. The molecular formula is C15H12F3N3O5. The number of hydrogen-bond acceptors (Lipinski definition) is 5. The Balaban J connectivity index is 2.17. The molecule has 0 aliphatic carbocycles. The number of aromatic nitrogens is 2. The number of methoxy groups -OCH3 is 1. The second kappa shape index (κ2) is 5.73. The van der Waals surface area contributed by atoms with Gasteiger partial charge in [0.1, 0.15) is 17.1 Å². The van der Waals surface area contributed by atoms with Gasteiger partial charge in [-0.05, 0) is 17.7 Å². The molecule has 1 amide bonds. The van der Waals surface area contributed by atoms with Gasteiger partial charge in [-0.1, -0.05) is 12.1 Å². The number of nitrogens with one attached hydrogen (secondary N) is 2. The maximum Gasteiger partial charge on any atom is 0.431 e. The maximum absolute atomic E-state index is 13.2. The fraction of sp³-hybridized carbons (Fsp3) is 0.267. The summed E-state index contributed by atoms with van der Waals surface area (Å²) in [5.41, 5.74) is -7.34. The van der Waals surface area contributed by atoms with E-state index in [4.69, 9.17) is 4.74 Å². The topological polar surface area (TPSA) is 113 Å². The van der Waals surface area contributed by atoms with Crippen LogP contribution in [0.25, 0.3) is 0 Å². The standard InChI is InChI=1S/C15H12F3N3O5/c1-26-8-4-2-7(3-5-8)6-21-10-9(11(22)20-13(21)24)14(25,12(23)19-10)15(16,17)18/h2-5,25H,6H2,1H3,(H,19,23)(H,20,22,24). The molecule has 8 nitrogen and oxygen atoms in total. The van der Waals surface area contributed by atoms with Gasteiger partial charge in [0.05, 0.1) is 13.7 Å². The van der Waals surface area contributed by atoms with Crippen LogP contribution in [-0.2, 0) is 16.9 Å². The first-order chi connectivity index (χ1) is 12.1. The van der Waals surface area contributed by atoms with E-state index in [0.717, 1.165) is 4.57 Å². The van der Waals surface area contributed by atoms with E-state index in [0.29, 0.717) is 11.3 Å². The Morgan fingerprint density at radius 1 is 1.19 bits per heavy atom. The highest BCUT2D eigenvalue weighted by atomic mass is 19.4. The first-order valence-electron chi connectivity index (χ1n) is 7.20. The minimum atomic E-state index is -5.45. The van der Waals surface area contributed by atoms with Crippen LogP contribution in [-0.4, -0.2) is 33.9 Å². The first kappa shape index (κ1) is 17.7. The van der Waals surface area contributed by atoms with E-state index in [1.54, 1.807) is 34.6 Å². The van der Waals surface area contributed by atoms with E-state index >= 15 is 0 Å². The summed E-state index contributed by atoms with van der Waals surface area (Å²) in [5.74, 6) is -2.02. The smallest absolute Gasteiger partial charge is 0.431 e. The Morgan fingerprint density at radius 3 is 2.35 bits per heavy atom. The molecule has 138 valence electrons. The molecule has 1 unspecified atom stereocenters. The number of hydrogen-bond donors (Lipinski definition) is 3. The Bertz CT molecular complexity index is 994. The third kappa shape index (κ3) is 2.47. The van der Waals surface area contributed by atoms with Gasteiger partial charge in [-0.2, -0.15) is 13.2 Å². The van der Waals surface area contributed by atoms with E-state index in [1.807, 2.05) is 0 Å². The number of carbonyl (C=O) groups is 1. The molecule has 0 saturated heterocycles. The molecule has 0 bridgehead atoms. The SMILES string of the molecule is COc1ccc(Cn2c3c(c(=O)[nH]c2=O)C(O)(C(F)(F)F)C(=O)N3)cc1. The zero-order chi connectivity index (χ0) is 19.3. The number of rotatable bonds is 3. The van der Waals surface area contributed by atoms with E-state index in [-0.39, 0.29) is 6.54 Å². The van der Waals surface area contributed by atoms with E-state index in [2.05, 4.69) is 0 Å². The first-order valence-corrected chi connectivity index (χ1v) is 7.20. The number of ether oxygens (including phenoxy) is 1. The molecule has 2 aromatic rings. The van der Waals surface area contributed by atoms with Crippen molar-refractivity contribution in [2.75, 3.05) is 12.4 Å². The number of carbonyl (C=O) groups excluding carboxylic acids is 1. The summed E-state index contributed by atoms with van der Waals surface area (Å²) >= 11 is 0. The molecule has 26 heavy (non-hydrogen) atoms. The number of fused-ring (bicyclic) bond motifs is 1. The Labute approximate surface area is 142 Å². The van der Waals surface area contributed by atoms with E-state index < -0.39 is 40.3 Å². The fourth-order valence-corrected chi connectivity index (χ4v) is 2.68. The van der Waals surface area contributed by atoms with Crippen molar-refractivity contribution in [3.05, 3.63) is 56.2 Å². The van der Waals surface area contributed by atoms with Gasteiger partial charge in [0.2, 0.25) is 0 Å². The van der Waals surface area contributed by atoms with Gasteiger partial charge in [-0.15, -0.1) is 0 Å². The van der Waals surface area contributed by atoms with Crippen molar-refractivity contribution < 1.29 is 27.8 Å². The average Bonchev–Trinajstić information content (AvgIpc) is 2.85. The molecule has 0 spiro atoms. The monoisotopic (exact) mass is 371 g/mol. The lowest BCUT2D eigenvalue weighted by molar-refractivity contribution is -0.252. The predicted molar refractivity (Wildman–Crippen MR) is 82.0 cm³/mol. The van der Waals surface area contributed by atoms with Crippen molar-refractivity contribution in [1.82, 2.24) is 9.55 Å². The fourth-order valence-electron chi connectivity index (χ4n) is 2.68. The lowest BCUT2D eigenvalue weighted by Crippen LogP contribution is -2.50. The maximum atomic E-state index is 13.2. The predicted octanol–water partition coefficient (Wildman–Crippen LogP) is 0.295. The molecule has 0 radical (unpaired) electrons. The second-order valence-corrected chi connectivity index (χ2v) is 5.58. The van der Waals surface area contributed by atoms with Crippen molar-refractivity contribution >= 4 is 11.7 Å². The van der Waals surface area contributed by atoms with Gasteiger partial charge in [0.15, 0.2) is 0 Å². The molecular weight excluding hydrogens is 359 g/mol. The molecule has 11 heteroatoms. The molecule has 0 fully saturated rings. The number of amides is 1. The van der Waals surface area contributed by atoms with Crippen LogP contribution in [0, 0.1) is 0 Å². The van der Waals surface area contributed by atoms with Gasteiger partial charge in [-0.3, -0.25) is 19.1 Å². The zero-order valence-corrected chi connectivity index (χ0v) is 13.2. The molecule has 3 rings (SSSR count). The van der Waals surface area contributed by atoms with Crippen LogP contribution in [0.3, 0.4) is 0 Å². The Morgan fingerprint density at radius 2 is 1.81 bits per heavy atom. The highest BCUT2D eigenvalue weighted by Gasteiger charge is 2.66. The van der Waals surface area contributed by atoms with Crippen LogP contribution in [0.5, 0.6) is 5.75 Å². The van der Waals surface area contributed by atoms with Crippen molar-refractivity contribution in [3.8, 4) is 5.75 Å². The molecule has 2 heterocycles. The van der Waals surface area contributed by atoms with Crippen LogP contribution in [0.1, 0.15) is 11.1 Å². The van der Waals surface area contributed by atoms with Crippen LogP contribution in [0.15, 0.2) is 33.9 Å². The minimum Gasteiger partial charge on any atom is -0.497 e. The summed E-state index contributed by atoms with van der Waals surface area (Å²) in [4.78, 5) is 37.4. The number of aromatic amines is 1.